The van der Waals surface area contributed by atoms with Crippen LogP contribution < -0.4 is 0 Å². The SMILES string of the molecule is Brc1ccc2c3c1ccc1cccc(c13)n2-c1cccc2c1oc1ccccc12. The maximum atomic E-state index is 6.36. The van der Waals surface area contributed by atoms with E-state index in [0.717, 1.165) is 32.1 Å². The van der Waals surface area contributed by atoms with E-state index in [9.17, 15) is 0 Å². The van der Waals surface area contributed by atoms with Crippen molar-refractivity contribution in [3.63, 3.8) is 0 Å². The van der Waals surface area contributed by atoms with Gasteiger partial charge in [0.05, 0.1) is 16.7 Å². The number of nitrogens with zero attached hydrogens (tertiary/aromatic N) is 1. The smallest absolute Gasteiger partial charge is 0.159 e. The van der Waals surface area contributed by atoms with Gasteiger partial charge in [0.2, 0.25) is 0 Å². The van der Waals surface area contributed by atoms with E-state index in [1.807, 2.05) is 12.1 Å². The van der Waals surface area contributed by atoms with Crippen LogP contribution in [0, 0.1) is 0 Å². The lowest BCUT2D eigenvalue weighted by atomic mass is 10.0. The van der Waals surface area contributed by atoms with Crippen molar-refractivity contribution in [3.8, 4) is 5.69 Å². The van der Waals surface area contributed by atoms with Crippen molar-refractivity contribution < 1.29 is 4.42 Å². The molecule has 0 N–H and O–H groups in total. The largest absolute Gasteiger partial charge is 0.454 e. The van der Waals surface area contributed by atoms with Gasteiger partial charge in [-0.1, -0.05) is 70.5 Å². The molecule has 0 aliphatic rings. The molecule has 0 spiro atoms. The van der Waals surface area contributed by atoms with E-state index in [4.69, 9.17) is 4.42 Å². The van der Waals surface area contributed by atoms with Gasteiger partial charge in [0.15, 0.2) is 5.58 Å². The molecule has 2 nitrogen and oxygen atoms in total. The van der Waals surface area contributed by atoms with E-state index < -0.39 is 0 Å². The Kier molecular flexibility index (Phi) is 2.90. The van der Waals surface area contributed by atoms with Gasteiger partial charge in [-0.05, 0) is 41.1 Å². The molecule has 0 saturated carbocycles. The number of aromatic nitrogens is 1. The summed E-state index contributed by atoms with van der Waals surface area (Å²) in [6.07, 6.45) is 0. The highest BCUT2D eigenvalue weighted by Gasteiger charge is 2.20. The zero-order valence-electron chi connectivity index (χ0n) is 15.3. The fourth-order valence-electron chi connectivity index (χ4n) is 4.82. The van der Waals surface area contributed by atoms with Crippen LogP contribution in [-0.4, -0.2) is 4.57 Å². The molecule has 2 aromatic heterocycles. The van der Waals surface area contributed by atoms with Gasteiger partial charge < -0.3 is 8.98 Å². The van der Waals surface area contributed by atoms with Gasteiger partial charge in [0.1, 0.15) is 5.58 Å². The third-order valence-electron chi connectivity index (χ3n) is 6.03. The molecule has 0 fully saturated rings. The highest BCUT2D eigenvalue weighted by Crippen LogP contribution is 2.43. The molecule has 7 rings (SSSR count). The molecule has 0 aliphatic carbocycles. The van der Waals surface area contributed by atoms with Gasteiger partial charge in [0.25, 0.3) is 0 Å². The summed E-state index contributed by atoms with van der Waals surface area (Å²) in [5, 5.41) is 7.39. The Bertz CT molecular complexity index is 1720. The van der Waals surface area contributed by atoms with Crippen LogP contribution in [0.25, 0.3) is 60.2 Å². The van der Waals surface area contributed by atoms with Crippen LogP contribution in [0.2, 0.25) is 0 Å². The number of hydrogen-bond acceptors (Lipinski definition) is 1. The summed E-state index contributed by atoms with van der Waals surface area (Å²) < 4.78 is 9.83. The standard InChI is InChI=1S/C26H14BrNO/c27-19-13-14-21-25-18(19)12-11-15-5-3-8-20(24(15)25)28(21)22-9-4-7-17-16-6-1-2-10-23(16)29-26(17)22/h1-14H. The molecule has 2 heterocycles. The number of fused-ring (bicyclic) bond motifs is 3. The van der Waals surface area contributed by atoms with E-state index in [-0.39, 0.29) is 0 Å². The zero-order valence-corrected chi connectivity index (χ0v) is 16.9. The van der Waals surface area contributed by atoms with Gasteiger partial charge in [-0.3, -0.25) is 0 Å². The molecule has 7 aromatic rings. The minimum absolute atomic E-state index is 0.922. The number of hydrogen-bond donors (Lipinski definition) is 0. The first-order valence-electron chi connectivity index (χ1n) is 9.65. The maximum Gasteiger partial charge on any atom is 0.159 e. The summed E-state index contributed by atoms with van der Waals surface area (Å²) in [5.74, 6) is 0. The number of rotatable bonds is 1. The lowest BCUT2D eigenvalue weighted by molar-refractivity contribution is 0.666. The Balaban J connectivity index is 1.74. The Labute approximate surface area is 174 Å². The number of furan rings is 1. The normalized spacial score (nSPS) is 12.3. The van der Waals surface area contributed by atoms with E-state index in [0.29, 0.717) is 0 Å². The second-order valence-electron chi connectivity index (χ2n) is 7.52. The molecule has 0 radical (unpaired) electrons. The predicted molar refractivity (Wildman–Crippen MR) is 124 cm³/mol. The predicted octanol–water partition coefficient (Wildman–Crippen LogP) is 8.04. The molecule has 0 unspecified atom stereocenters. The van der Waals surface area contributed by atoms with Crippen molar-refractivity contribution in [1.29, 1.82) is 0 Å². The third kappa shape index (κ3) is 1.91. The molecule has 29 heavy (non-hydrogen) atoms. The first-order valence-corrected chi connectivity index (χ1v) is 10.4. The average Bonchev–Trinajstić information content (AvgIpc) is 3.30. The minimum atomic E-state index is 0.922. The van der Waals surface area contributed by atoms with E-state index in [1.165, 1.54) is 32.6 Å². The van der Waals surface area contributed by atoms with Crippen LogP contribution in [-0.2, 0) is 0 Å². The molecule has 0 aliphatic heterocycles. The van der Waals surface area contributed by atoms with E-state index >= 15 is 0 Å². The average molecular weight is 436 g/mol. The molecule has 0 bridgehead atoms. The molecule has 136 valence electrons. The number of halogens is 1. The highest BCUT2D eigenvalue weighted by atomic mass is 79.9. The van der Waals surface area contributed by atoms with E-state index in [2.05, 4.69) is 93.3 Å². The summed E-state index contributed by atoms with van der Waals surface area (Å²) in [6, 6.07) is 30.0. The van der Waals surface area contributed by atoms with Crippen molar-refractivity contribution >= 4 is 70.4 Å². The molecular formula is C26H14BrNO. The number of benzene rings is 5. The third-order valence-corrected chi connectivity index (χ3v) is 6.72. The molecule has 0 atom stereocenters. The van der Waals surface area contributed by atoms with Crippen molar-refractivity contribution in [2.24, 2.45) is 0 Å². The van der Waals surface area contributed by atoms with Crippen molar-refractivity contribution in [3.05, 3.63) is 89.4 Å². The van der Waals surface area contributed by atoms with E-state index in [1.54, 1.807) is 0 Å². The minimum Gasteiger partial charge on any atom is -0.454 e. The Morgan fingerprint density at radius 3 is 2.41 bits per heavy atom. The molecular weight excluding hydrogens is 422 g/mol. The van der Waals surface area contributed by atoms with Crippen LogP contribution in [0.5, 0.6) is 0 Å². The first kappa shape index (κ1) is 15.6. The summed E-state index contributed by atoms with van der Waals surface area (Å²) in [7, 11) is 0. The first-order chi connectivity index (χ1) is 14.3. The number of para-hydroxylation sites is 2. The van der Waals surface area contributed by atoms with Gasteiger partial charge in [-0.25, -0.2) is 0 Å². The second-order valence-corrected chi connectivity index (χ2v) is 8.37. The quantitative estimate of drug-likeness (QED) is 0.238. The van der Waals surface area contributed by atoms with Gasteiger partial charge >= 0.3 is 0 Å². The molecule has 0 amide bonds. The van der Waals surface area contributed by atoms with Crippen LogP contribution in [0.1, 0.15) is 0 Å². The topological polar surface area (TPSA) is 18.1 Å². The van der Waals surface area contributed by atoms with Crippen molar-refractivity contribution in [1.82, 2.24) is 4.57 Å². The Hall–Kier alpha value is -3.30. The second kappa shape index (κ2) is 5.40. The maximum absolute atomic E-state index is 6.36. The summed E-state index contributed by atoms with van der Waals surface area (Å²) >= 11 is 3.74. The molecule has 0 saturated heterocycles. The molecule has 5 aromatic carbocycles. The summed E-state index contributed by atoms with van der Waals surface area (Å²) in [4.78, 5) is 0. The lowest BCUT2D eigenvalue weighted by Gasteiger charge is -2.08. The fraction of sp³-hybridized carbons (Fsp3) is 0. The summed E-state index contributed by atoms with van der Waals surface area (Å²) in [5.41, 5.74) is 5.32. The van der Waals surface area contributed by atoms with Crippen LogP contribution in [0.4, 0.5) is 0 Å². The van der Waals surface area contributed by atoms with Crippen LogP contribution in [0.3, 0.4) is 0 Å². The van der Waals surface area contributed by atoms with Gasteiger partial charge in [0, 0.05) is 26.0 Å². The van der Waals surface area contributed by atoms with Crippen molar-refractivity contribution in [2.45, 2.75) is 0 Å². The summed E-state index contributed by atoms with van der Waals surface area (Å²) in [6.45, 7) is 0. The lowest BCUT2D eigenvalue weighted by Crippen LogP contribution is -1.94. The monoisotopic (exact) mass is 435 g/mol. The van der Waals surface area contributed by atoms with Gasteiger partial charge in [-0.15, -0.1) is 0 Å². The zero-order chi connectivity index (χ0) is 19.1. The molecule has 3 heteroatoms. The van der Waals surface area contributed by atoms with Crippen LogP contribution >= 0.6 is 15.9 Å². The Morgan fingerprint density at radius 1 is 0.621 bits per heavy atom. The van der Waals surface area contributed by atoms with Gasteiger partial charge in [-0.2, -0.15) is 0 Å². The highest BCUT2D eigenvalue weighted by molar-refractivity contribution is 9.10. The van der Waals surface area contributed by atoms with Crippen molar-refractivity contribution in [2.75, 3.05) is 0 Å². The fourth-order valence-corrected chi connectivity index (χ4v) is 5.28. The van der Waals surface area contributed by atoms with Crippen LogP contribution in [0.15, 0.2) is 93.8 Å². The Morgan fingerprint density at radius 2 is 1.45 bits per heavy atom.